The van der Waals surface area contributed by atoms with E-state index in [-0.39, 0.29) is 0 Å². The van der Waals surface area contributed by atoms with Gasteiger partial charge in [-0.2, -0.15) is 0 Å². The largest absolute Gasteiger partial charge is 0.222 e. The second kappa shape index (κ2) is 21.2. The van der Waals surface area contributed by atoms with Crippen LogP contribution >= 0.6 is 68.0 Å². The highest BCUT2D eigenvalue weighted by Gasteiger charge is 2.23. The highest BCUT2D eigenvalue weighted by atomic mass is 32.1. The molecule has 0 N–H and O–H groups in total. The fourth-order valence-corrected chi connectivity index (χ4v) is 14.6. The monoisotopic (exact) mass is 834 g/mol. The molecular weight excluding hydrogens is 773 g/mol. The Hall–Kier alpha value is -1.68. The van der Waals surface area contributed by atoms with Gasteiger partial charge in [-0.3, -0.25) is 0 Å². The molecule has 0 aliphatic heterocycles. The zero-order valence-electron chi connectivity index (χ0n) is 33.8. The average molecular weight is 835 g/mol. The van der Waals surface area contributed by atoms with Crippen LogP contribution in [-0.4, -0.2) is 9.97 Å². The standard InChI is InChI=1S/C46H62N2S6/c1-7-11-15-19-23-33-27-31(5)49-39(33)40-35(25-21-17-13-9-3)29-37(51-40)38-30-36(26-22-18-14-10-4)42(52-38)44-48-46-45(54-44)47-43(53-46)41-34(28-32(6)50-41)24-20-16-12-8-2/h27-30H,7-26H2,1-6H3. The van der Waals surface area contributed by atoms with Gasteiger partial charge in [-0.25, -0.2) is 9.97 Å². The van der Waals surface area contributed by atoms with E-state index in [1.807, 2.05) is 45.3 Å². The summed E-state index contributed by atoms with van der Waals surface area (Å²) in [6.45, 7) is 13.8. The molecule has 54 heavy (non-hydrogen) atoms. The Balaban J connectivity index is 1.32. The third-order valence-corrected chi connectivity index (χ3v) is 17.7. The maximum absolute atomic E-state index is 5.34. The van der Waals surface area contributed by atoms with Crippen LogP contribution in [0, 0.1) is 13.8 Å². The summed E-state index contributed by atoms with van der Waals surface area (Å²) in [6, 6.07) is 10.0. The minimum atomic E-state index is 1.10. The molecule has 0 saturated carbocycles. The van der Waals surface area contributed by atoms with Crippen LogP contribution in [0.4, 0.5) is 0 Å². The smallest absolute Gasteiger partial charge is 0.155 e. The van der Waals surface area contributed by atoms with Crippen molar-refractivity contribution in [2.45, 2.75) is 170 Å². The van der Waals surface area contributed by atoms with Gasteiger partial charge in [0.05, 0.1) is 9.75 Å². The summed E-state index contributed by atoms with van der Waals surface area (Å²) in [6.07, 6.45) is 25.5. The number of aromatic nitrogens is 2. The molecule has 0 radical (unpaired) electrons. The van der Waals surface area contributed by atoms with Gasteiger partial charge in [-0.05, 0) is 112 Å². The number of rotatable bonds is 24. The molecule has 0 aliphatic carbocycles. The SMILES string of the molecule is CCCCCCc1cc(C)sc1-c1nc2sc(-c3sc(-c4cc(CCCCCC)c(-c5sc(C)cc5CCCCCC)s4)cc3CCCCCC)nc2s1. The van der Waals surface area contributed by atoms with E-state index >= 15 is 0 Å². The summed E-state index contributed by atoms with van der Waals surface area (Å²) in [7, 11) is 0. The van der Waals surface area contributed by atoms with E-state index in [1.165, 1.54) is 161 Å². The lowest BCUT2D eigenvalue weighted by molar-refractivity contribution is 0.666. The molecule has 0 amide bonds. The van der Waals surface area contributed by atoms with Gasteiger partial charge in [0, 0.05) is 29.3 Å². The summed E-state index contributed by atoms with van der Waals surface area (Å²) >= 11 is 11.6. The molecule has 292 valence electrons. The van der Waals surface area contributed by atoms with Crippen molar-refractivity contribution >= 4 is 77.7 Å². The molecule has 6 rings (SSSR count). The van der Waals surface area contributed by atoms with E-state index in [2.05, 4.69) is 77.1 Å². The Morgan fingerprint density at radius 2 is 0.704 bits per heavy atom. The van der Waals surface area contributed by atoms with Gasteiger partial charge >= 0.3 is 0 Å². The third kappa shape index (κ3) is 10.8. The first-order chi connectivity index (χ1) is 26.4. The molecule has 0 saturated heterocycles. The van der Waals surface area contributed by atoms with Crippen molar-refractivity contribution in [2.24, 2.45) is 0 Å². The summed E-state index contributed by atoms with van der Waals surface area (Å²) in [5.74, 6) is 0. The van der Waals surface area contributed by atoms with Gasteiger partial charge in [0.1, 0.15) is 10.0 Å². The Kier molecular flexibility index (Phi) is 16.5. The van der Waals surface area contributed by atoms with Crippen LogP contribution in [0.15, 0.2) is 24.3 Å². The molecule has 6 aromatic rings. The second-order valence-corrected chi connectivity index (χ2v) is 21.8. The maximum Gasteiger partial charge on any atom is 0.155 e. The first-order valence-electron chi connectivity index (χ1n) is 21.1. The summed E-state index contributed by atoms with van der Waals surface area (Å²) < 4.78 is 0. The number of hydrogen-bond donors (Lipinski definition) is 0. The normalized spacial score (nSPS) is 11.9. The quantitative estimate of drug-likeness (QED) is 0.0568. The molecule has 0 bridgehead atoms. The van der Waals surface area contributed by atoms with E-state index in [0.717, 1.165) is 27.5 Å². The molecule has 0 aliphatic rings. The van der Waals surface area contributed by atoms with E-state index in [0.29, 0.717) is 0 Å². The lowest BCUT2D eigenvalue weighted by Crippen LogP contribution is -1.89. The van der Waals surface area contributed by atoms with Crippen LogP contribution in [0.3, 0.4) is 0 Å². The highest BCUT2D eigenvalue weighted by molar-refractivity contribution is 7.33. The second-order valence-electron chi connectivity index (χ2n) is 15.2. The van der Waals surface area contributed by atoms with Crippen molar-refractivity contribution in [3.8, 4) is 39.3 Å². The van der Waals surface area contributed by atoms with Crippen molar-refractivity contribution in [3.63, 3.8) is 0 Å². The lowest BCUT2D eigenvalue weighted by atomic mass is 10.0. The van der Waals surface area contributed by atoms with Gasteiger partial charge in [-0.15, -0.1) is 45.3 Å². The van der Waals surface area contributed by atoms with Crippen LogP contribution in [0.2, 0.25) is 0 Å². The maximum atomic E-state index is 5.34. The molecule has 2 nitrogen and oxygen atoms in total. The van der Waals surface area contributed by atoms with Crippen LogP contribution in [-0.2, 0) is 25.7 Å². The predicted octanol–water partition coefficient (Wildman–Crippen LogP) is 17.8. The minimum absolute atomic E-state index is 1.10. The van der Waals surface area contributed by atoms with Crippen molar-refractivity contribution in [3.05, 3.63) is 56.3 Å². The molecule has 0 unspecified atom stereocenters. The summed E-state index contributed by atoms with van der Waals surface area (Å²) in [4.78, 5) is 24.4. The summed E-state index contributed by atoms with van der Waals surface area (Å²) in [5, 5.41) is 2.33. The Morgan fingerprint density at radius 1 is 0.370 bits per heavy atom. The first-order valence-corrected chi connectivity index (χ1v) is 26.0. The van der Waals surface area contributed by atoms with Gasteiger partial charge in [0.2, 0.25) is 0 Å². The molecule has 6 aromatic heterocycles. The van der Waals surface area contributed by atoms with Crippen molar-refractivity contribution in [1.29, 1.82) is 0 Å². The predicted molar refractivity (Wildman–Crippen MR) is 249 cm³/mol. The number of fused-ring (bicyclic) bond motifs is 1. The molecule has 6 heterocycles. The fraction of sp³-hybridized carbons (Fsp3) is 0.565. The lowest BCUT2D eigenvalue weighted by Gasteiger charge is -2.06. The van der Waals surface area contributed by atoms with Gasteiger partial charge in [-0.1, -0.05) is 127 Å². The number of thiophene rings is 4. The summed E-state index contributed by atoms with van der Waals surface area (Å²) in [5.41, 5.74) is 6.12. The van der Waals surface area contributed by atoms with E-state index in [9.17, 15) is 0 Å². The minimum Gasteiger partial charge on any atom is -0.222 e. The van der Waals surface area contributed by atoms with Crippen LogP contribution in [0.1, 0.15) is 162 Å². The average Bonchev–Trinajstić information content (AvgIpc) is 4.01. The number of thiazole rings is 2. The molecule has 0 aromatic carbocycles. The van der Waals surface area contributed by atoms with Crippen molar-refractivity contribution < 1.29 is 0 Å². The highest BCUT2D eigenvalue weighted by Crippen LogP contribution is 2.49. The first kappa shape index (κ1) is 41.9. The number of unbranched alkanes of at least 4 members (excludes halogenated alkanes) is 12. The number of hydrogen-bond acceptors (Lipinski definition) is 8. The fourth-order valence-electron chi connectivity index (χ4n) is 7.53. The van der Waals surface area contributed by atoms with Crippen molar-refractivity contribution in [2.75, 3.05) is 0 Å². The third-order valence-electron chi connectivity index (χ3n) is 10.5. The molecule has 0 spiro atoms. The van der Waals surface area contributed by atoms with Crippen LogP contribution in [0.25, 0.3) is 48.9 Å². The molecular formula is C46H62N2S6. The van der Waals surface area contributed by atoms with Gasteiger partial charge in [0.25, 0.3) is 0 Å². The zero-order valence-corrected chi connectivity index (χ0v) is 38.7. The topological polar surface area (TPSA) is 25.8 Å². The molecule has 8 heteroatoms. The zero-order chi connectivity index (χ0) is 37.9. The van der Waals surface area contributed by atoms with Crippen LogP contribution in [0.5, 0.6) is 0 Å². The van der Waals surface area contributed by atoms with Gasteiger partial charge in [0.15, 0.2) is 9.66 Å². The Labute approximate surface area is 350 Å². The van der Waals surface area contributed by atoms with E-state index in [4.69, 9.17) is 9.97 Å². The molecule has 0 fully saturated rings. The Bertz CT molecular complexity index is 1990. The van der Waals surface area contributed by atoms with Crippen molar-refractivity contribution in [1.82, 2.24) is 9.97 Å². The molecule has 0 atom stereocenters. The van der Waals surface area contributed by atoms with Crippen LogP contribution < -0.4 is 0 Å². The Morgan fingerprint density at radius 3 is 1.15 bits per heavy atom. The van der Waals surface area contributed by atoms with E-state index in [1.54, 1.807) is 32.2 Å². The van der Waals surface area contributed by atoms with Gasteiger partial charge < -0.3 is 0 Å². The van der Waals surface area contributed by atoms with E-state index < -0.39 is 0 Å². The number of aryl methyl sites for hydroxylation is 6. The number of nitrogens with zero attached hydrogens (tertiary/aromatic N) is 2.